The largest absolute Gasteiger partial charge is 0.379 e. The fourth-order valence-corrected chi connectivity index (χ4v) is 3.99. The molecule has 158 valence electrons. The van der Waals surface area contributed by atoms with Crippen LogP contribution in [0.1, 0.15) is 0 Å². The molecule has 7 heteroatoms. The number of halogens is 1. The van der Waals surface area contributed by atoms with Gasteiger partial charge in [0.2, 0.25) is 0 Å². The van der Waals surface area contributed by atoms with Crippen LogP contribution in [0.3, 0.4) is 0 Å². The van der Waals surface area contributed by atoms with Gasteiger partial charge < -0.3 is 14.6 Å². The van der Waals surface area contributed by atoms with Crippen LogP contribution in [-0.4, -0.2) is 58.8 Å². The molecule has 1 aliphatic heterocycles. The molecule has 4 aromatic rings. The third-order valence-electron chi connectivity index (χ3n) is 5.60. The van der Waals surface area contributed by atoms with E-state index in [4.69, 9.17) is 4.74 Å². The Morgan fingerprint density at radius 2 is 1.74 bits per heavy atom. The molecule has 0 radical (unpaired) electrons. The van der Waals surface area contributed by atoms with E-state index < -0.39 is 0 Å². The lowest BCUT2D eigenvalue weighted by atomic mass is 10.1. The minimum Gasteiger partial charge on any atom is -0.379 e. The Kier molecular flexibility index (Phi) is 5.60. The van der Waals surface area contributed by atoms with Gasteiger partial charge in [-0.15, -0.1) is 0 Å². The number of nitrogens with one attached hydrogen (secondary N) is 1. The van der Waals surface area contributed by atoms with Gasteiger partial charge in [-0.1, -0.05) is 30.3 Å². The van der Waals surface area contributed by atoms with E-state index in [0.29, 0.717) is 0 Å². The first kappa shape index (κ1) is 19.7. The Morgan fingerprint density at radius 3 is 2.52 bits per heavy atom. The van der Waals surface area contributed by atoms with Crippen molar-refractivity contribution in [3.05, 3.63) is 72.9 Å². The Balaban J connectivity index is 1.54. The fraction of sp³-hybridized carbons (Fsp3) is 0.250. The maximum Gasteiger partial charge on any atom is 0.150 e. The first-order chi connectivity index (χ1) is 15.3. The van der Waals surface area contributed by atoms with Gasteiger partial charge in [0, 0.05) is 43.6 Å². The summed E-state index contributed by atoms with van der Waals surface area (Å²) in [7, 11) is 0. The third kappa shape index (κ3) is 4.15. The SMILES string of the molecule is Fc1ccc(-n2cc(-c3ccccc3)c3c(NCCN4CCOCC4)ncnc32)cc1. The molecule has 3 heterocycles. The molecule has 1 fully saturated rings. The van der Waals surface area contributed by atoms with E-state index in [1.807, 2.05) is 22.8 Å². The second kappa shape index (κ2) is 8.83. The zero-order valence-corrected chi connectivity index (χ0v) is 17.2. The van der Waals surface area contributed by atoms with Crippen LogP contribution in [0.15, 0.2) is 67.1 Å². The van der Waals surface area contributed by atoms with Crippen molar-refractivity contribution in [2.45, 2.75) is 0 Å². The van der Waals surface area contributed by atoms with Crippen LogP contribution in [0, 0.1) is 5.82 Å². The molecule has 6 nitrogen and oxygen atoms in total. The summed E-state index contributed by atoms with van der Waals surface area (Å²) < 4.78 is 20.9. The number of anilines is 1. The normalized spacial score (nSPS) is 14.7. The second-order valence-electron chi connectivity index (χ2n) is 7.56. The monoisotopic (exact) mass is 417 g/mol. The van der Waals surface area contributed by atoms with Crippen molar-refractivity contribution < 1.29 is 9.13 Å². The number of morpholine rings is 1. The number of hydrogen-bond acceptors (Lipinski definition) is 5. The Labute approximate surface area is 180 Å². The highest BCUT2D eigenvalue weighted by molar-refractivity contribution is 6.02. The number of aromatic nitrogens is 3. The molecule has 0 spiro atoms. The van der Waals surface area contributed by atoms with E-state index in [2.05, 4.69) is 38.5 Å². The zero-order chi connectivity index (χ0) is 21.0. The smallest absolute Gasteiger partial charge is 0.150 e. The summed E-state index contributed by atoms with van der Waals surface area (Å²) in [4.78, 5) is 11.5. The summed E-state index contributed by atoms with van der Waals surface area (Å²) in [5.74, 6) is 0.543. The highest BCUT2D eigenvalue weighted by Gasteiger charge is 2.18. The maximum atomic E-state index is 13.5. The fourth-order valence-electron chi connectivity index (χ4n) is 3.99. The van der Waals surface area contributed by atoms with Crippen LogP contribution in [0.25, 0.3) is 27.8 Å². The first-order valence-corrected chi connectivity index (χ1v) is 10.5. The third-order valence-corrected chi connectivity index (χ3v) is 5.60. The molecule has 0 bridgehead atoms. The van der Waals surface area contributed by atoms with Gasteiger partial charge in [-0.3, -0.25) is 4.90 Å². The standard InChI is InChI=1S/C24H24FN5O/c25-19-6-8-20(9-7-19)30-16-21(18-4-2-1-3-5-18)22-23(27-17-28-24(22)30)26-10-11-29-12-14-31-15-13-29/h1-9,16-17H,10-15H2,(H,26,27,28). The maximum absolute atomic E-state index is 13.5. The van der Waals surface area contributed by atoms with Gasteiger partial charge in [0.1, 0.15) is 18.0 Å². The van der Waals surface area contributed by atoms with E-state index >= 15 is 0 Å². The van der Waals surface area contributed by atoms with Gasteiger partial charge in [-0.05, 0) is 29.8 Å². The van der Waals surface area contributed by atoms with Gasteiger partial charge in [0.15, 0.2) is 5.65 Å². The van der Waals surface area contributed by atoms with Crippen LogP contribution in [0.5, 0.6) is 0 Å². The summed E-state index contributed by atoms with van der Waals surface area (Å²) in [6.45, 7) is 5.19. The van der Waals surface area contributed by atoms with E-state index in [-0.39, 0.29) is 5.82 Å². The molecule has 5 rings (SSSR count). The van der Waals surface area contributed by atoms with Gasteiger partial charge in [-0.25, -0.2) is 14.4 Å². The van der Waals surface area contributed by atoms with Crippen molar-refractivity contribution in [1.82, 2.24) is 19.4 Å². The molecule has 2 aromatic carbocycles. The average molecular weight is 417 g/mol. The molecule has 0 aliphatic carbocycles. The van der Waals surface area contributed by atoms with Crippen molar-refractivity contribution >= 4 is 16.9 Å². The van der Waals surface area contributed by atoms with Crippen molar-refractivity contribution in [2.24, 2.45) is 0 Å². The van der Waals surface area contributed by atoms with E-state index in [9.17, 15) is 4.39 Å². The van der Waals surface area contributed by atoms with Gasteiger partial charge in [-0.2, -0.15) is 0 Å². The highest BCUT2D eigenvalue weighted by atomic mass is 19.1. The number of benzene rings is 2. The molecule has 1 N–H and O–H groups in total. The van der Waals surface area contributed by atoms with Crippen molar-refractivity contribution in [3.63, 3.8) is 0 Å². The highest BCUT2D eigenvalue weighted by Crippen LogP contribution is 2.35. The first-order valence-electron chi connectivity index (χ1n) is 10.5. The van der Waals surface area contributed by atoms with Gasteiger partial charge in [0.05, 0.1) is 18.6 Å². The minimum atomic E-state index is -0.261. The zero-order valence-electron chi connectivity index (χ0n) is 17.2. The molecule has 0 unspecified atom stereocenters. The van der Waals surface area contributed by atoms with Crippen molar-refractivity contribution in [1.29, 1.82) is 0 Å². The summed E-state index contributed by atoms with van der Waals surface area (Å²) >= 11 is 0. The van der Waals surface area contributed by atoms with Crippen LogP contribution in [-0.2, 0) is 4.74 Å². The summed E-state index contributed by atoms with van der Waals surface area (Å²) in [5, 5.41) is 4.47. The summed E-state index contributed by atoms with van der Waals surface area (Å²) in [5.41, 5.74) is 3.76. The molecule has 1 saturated heterocycles. The lowest BCUT2D eigenvalue weighted by Gasteiger charge is -2.26. The number of nitrogens with zero attached hydrogens (tertiary/aromatic N) is 4. The quantitative estimate of drug-likeness (QED) is 0.515. The van der Waals surface area contributed by atoms with Crippen LogP contribution in [0.4, 0.5) is 10.2 Å². The van der Waals surface area contributed by atoms with Crippen LogP contribution >= 0.6 is 0 Å². The second-order valence-corrected chi connectivity index (χ2v) is 7.56. The molecule has 0 amide bonds. The molecular weight excluding hydrogens is 393 g/mol. The number of rotatable bonds is 6. The lowest BCUT2D eigenvalue weighted by molar-refractivity contribution is 0.0398. The minimum absolute atomic E-state index is 0.261. The molecule has 31 heavy (non-hydrogen) atoms. The van der Waals surface area contributed by atoms with Gasteiger partial charge in [0.25, 0.3) is 0 Å². The Bertz CT molecular complexity index is 1150. The topological polar surface area (TPSA) is 55.2 Å². The molecule has 1 aliphatic rings. The Morgan fingerprint density at radius 1 is 0.968 bits per heavy atom. The van der Waals surface area contributed by atoms with E-state index in [1.165, 1.54) is 12.1 Å². The summed E-state index contributed by atoms with van der Waals surface area (Å²) in [6, 6.07) is 16.6. The van der Waals surface area contributed by atoms with E-state index in [0.717, 1.165) is 73.1 Å². The van der Waals surface area contributed by atoms with Crippen LogP contribution in [0.2, 0.25) is 0 Å². The Hall–Kier alpha value is -3.29. The van der Waals surface area contributed by atoms with Crippen LogP contribution < -0.4 is 5.32 Å². The average Bonchev–Trinajstić information content (AvgIpc) is 3.21. The van der Waals surface area contributed by atoms with Crippen molar-refractivity contribution in [2.75, 3.05) is 44.7 Å². The lowest BCUT2D eigenvalue weighted by Crippen LogP contribution is -2.39. The molecular formula is C24H24FN5O. The predicted octanol–water partition coefficient (Wildman–Crippen LogP) is 3.97. The molecule has 0 saturated carbocycles. The summed E-state index contributed by atoms with van der Waals surface area (Å²) in [6.07, 6.45) is 3.63. The number of fused-ring (bicyclic) bond motifs is 1. The number of ether oxygens (including phenoxy) is 1. The van der Waals surface area contributed by atoms with Gasteiger partial charge >= 0.3 is 0 Å². The van der Waals surface area contributed by atoms with E-state index in [1.54, 1.807) is 18.5 Å². The predicted molar refractivity (Wildman–Crippen MR) is 120 cm³/mol. The van der Waals surface area contributed by atoms with Crippen molar-refractivity contribution in [3.8, 4) is 16.8 Å². The number of hydrogen-bond donors (Lipinski definition) is 1. The molecule has 0 atom stereocenters. The molecule has 2 aromatic heterocycles.